The molecule has 2 aromatic rings. The molecule has 1 aromatic carbocycles. The van der Waals surface area contributed by atoms with E-state index in [2.05, 4.69) is 5.10 Å². The zero-order valence-electron chi connectivity index (χ0n) is 12.7. The van der Waals surface area contributed by atoms with Crippen molar-refractivity contribution in [3.05, 3.63) is 52.8 Å². The SMILES string of the molecule is CC(=O)[C@@H](C(=O)N(C)C)n1nc(-c2ccccc2)ccc1=O. The third-order valence-corrected chi connectivity index (χ3v) is 3.20. The van der Waals surface area contributed by atoms with E-state index in [0.717, 1.165) is 10.2 Å². The van der Waals surface area contributed by atoms with Gasteiger partial charge in [-0.25, -0.2) is 4.68 Å². The number of ketones is 1. The topological polar surface area (TPSA) is 72.3 Å². The monoisotopic (exact) mass is 299 g/mol. The number of carbonyl (C=O) groups excluding carboxylic acids is 2. The summed E-state index contributed by atoms with van der Waals surface area (Å²) < 4.78 is 0.951. The summed E-state index contributed by atoms with van der Waals surface area (Å²) in [5.74, 6) is -0.911. The number of carbonyl (C=O) groups is 2. The molecule has 0 aliphatic rings. The summed E-state index contributed by atoms with van der Waals surface area (Å²) in [6.45, 7) is 1.27. The minimum atomic E-state index is -1.24. The molecule has 1 aromatic heterocycles. The standard InChI is InChI=1S/C16H17N3O3/c1-11(20)15(16(22)18(2)3)19-14(21)10-9-13(17-19)12-7-5-4-6-8-12/h4-10,15H,1-3H3/t15-/m0/s1. The molecule has 0 spiro atoms. The Balaban J connectivity index is 2.56. The van der Waals surface area contributed by atoms with E-state index >= 15 is 0 Å². The highest BCUT2D eigenvalue weighted by Gasteiger charge is 2.29. The van der Waals surface area contributed by atoms with Crippen molar-refractivity contribution in [3.8, 4) is 11.3 Å². The highest BCUT2D eigenvalue weighted by Crippen LogP contribution is 2.16. The van der Waals surface area contributed by atoms with Crippen LogP contribution < -0.4 is 5.56 Å². The lowest BCUT2D eigenvalue weighted by Gasteiger charge is -2.19. The molecule has 0 bridgehead atoms. The molecule has 0 aliphatic heterocycles. The van der Waals surface area contributed by atoms with Gasteiger partial charge < -0.3 is 4.90 Å². The van der Waals surface area contributed by atoms with E-state index in [4.69, 9.17) is 0 Å². The minimum absolute atomic E-state index is 0.432. The second-order valence-corrected chi connectivity index (χ2v) is 5.11. The van der Waals surface area contributed by atoms with Crippen molar-refractivity contribution >= 4 is 11.7 Å². The predicted octanol–water partition coefficient (Wildman–Crippen LogP) is 1.13. The number of benzene rings is 1. The number of rotatable bonds is 4. The largest absolute Gasteiger partial charge is 0.347 e. The molecule has 0 radical (unpaired) electrons. The lowest BCUT2D eigenvalue weighted by molar-refractivity contribution is -0.138. The van der Waals surface area contributed by atoms with Crippen LogP contribution in [0.3, 0.4) is 0 Å². The molecular formula is C16H17N3O3. The molecule has 0 N–H and O–H groups in total. The first-order chi connectivity index (χ1) is 10.4. The summed E-state index contributed by atoms with van der Waals surface area (Å²) in [7, 11) is 3.06. The van der Waals surface area contributed by atoms with Crippen molar-refractivity contribution in [2.24, 2.45) is 0 Å². The van der Waals surface area contributed by atoms with Crippen molar-refractivity contribution < 1.29 is 9.59 Å². The fraction of sp³-hybridized carbons (Fsp3) is 0.250. The molecular weight excluding hydrogens is 282 g/mol. The Morgan fingerprint density at radius 3 is 2.27 bits per heavy atom. The first-order valence-corrected chi connectivity index (χ1v) is 6.78. The van der Waals surface area contributed by atoms with Gasteiger partial charge in [0.15, 0.2) is 11.8 Å². The number of aromatic nitrogens is 2. The van der Waals surface area contributed by atoms with Gasteiger partial charge in [0, 0.05) is 25.7 Å². The zero-order valence-corrected chi connectivity index (χ0v) is 12.7. The van der Waals surface area contributed by atoms with E-state index in [-0.39, 0.29) is 0 Å². The fourth-order valence-corrected chi connectivity index (χ4v) is 2.07. The molecule has 0 aliphatic carbocycles. The van der Waals surface area contributed by atoms with E-state index in [9.17, 15) is 14.4 Å². The lowest BCUT2D eigenvalue weighted by Crippen LogP contribution is -2.41. The smallest absolute Gasteiger partial charge is 0.267 e. The second-order valence-electron chi connectivity index (χ2n) is 5.11. The Hall–Kier alpha value is -2.76. The molecule has 114 valence electrons. The van der Waals surface area contributed by atoms with Crippen LogP contribution in [0, 0.1) is 0 Å². The van der Waals surface area contributed by atoms with Crippen LogP contribution in [-0.2, 0) is 9.59 Å². The predicted molar refractivity (Wildman–Crippen MR) is 82.3 cm³/mol. The molecule has 1 atom stereocenters. The highest BCUT2D eigenvalue weighted by molar-refractivity contribution is 6.02. The average molecular weight is 299 g/mol. The Morgan fingerprint density at radius 2 is 1.73 bits per heavy atom. The Bertz CT molecular complexity index is 751. The number of amides is 1. The number of hydrogen-bond donors (Lipinski definition) is 0. The highest BCUT2D eigenvalue weighted by atomic mass is 16.2. The van der Waals surface area contributed by atoms with Crippen molar-refractivity contribution in [1.82, 2.24) is 14.7 Å². The minimum Gasteiger partial charge on any atom is -0.347 e. The van der Waals surface area contributed by atoms with Crippen LogP contribution in [0.4, 0.5) is 0 Å². The van der Waals surface area contributed by atoms with E-state index < -0.39 is 23.3 Å². The summed E-state index contributed by atoms with van der Waals surface area (Å²) in [6.07, 6.45) is 0. The maximum atomic E-state index is 12.2. The number of Topliss-reactive ketones (excluding diaryl/α,β-unsaturated/α-hetero) is 1. The van der Waals surface area contributed by atoms with Crippen LogP contribution in [0.1, 0.15) is 13.0 Å². The van der Waals surface area contributed by atoms with Gasteiger partial charge in [-0.2, -0.15) is 5.10 Å². The van der Waals surface area contributed by atoms with Crippen molar-refractivity contribution in [2.45, 2.75) is 13.0 Å². The van der Waals surface area contributed by atoms with E-state index in [1.54, 1.807) is 6.07 Å². The normalized spacial score (nSPS) is 11.8. The van der Waals surface area contributed by atoms with E-state index in [1.807, 2.05) is 30.3 Å². The zero-order chi connectivity index (χ0) is 16.3. The third-order valence-electron chi connectivity index (χ3n) is 3.20. The van der Waals surface area contributed by atoms with Crippen molar-refractivity contribution in [1.29, 1.82) is 0 Å². The number of likely N-dealkylation sites (N-methyl/N-ethyl adjacent to an activating group) is 1. The van der Waals surface area contributed by atoms with Crippen LogP contribution in [0.2, 0.25) is 0 Å². The van der Waals surface area contributed by atoms with Gasteiger partial charge in [-0.1, -0.05) is 30.3 Å². The molecule has 6 nitrogen and oxygen atoms in total. The van der Waals surface area contributed by atoms with E-state index in [1.165, 1.54) is 32.0 Å². The molecule has 0 saturated carbocycles. The molecule has 6 heteroatoms. The van der Waals surface area contributed by atoms with Crippen LogP contribution >= 0.6 is 0 Å². The first kappa shape index (κ1) is 15.6. The molecule has 0 saturated heterocycles. The van der Waals surface area contributed by atoms with Crippen LogP contribution in [0.5, 0.6) is 0 Å². The second kappa shape index (κ2) is 6.34. The van der Waals surface area contributed by atoms with Crippen LogP contribution in [0.15, 0.2) is 47.3 Å². The van der Waals surface area contributed by atoms with Gasteiger partial charge in [-0.3, -0.25) is 14.4 Å². The van der Waals surface area contributed by atoms with Crippen molar-refractivity contribution in [3.63, 3.8) is 0 Å². The molecule has 1 amide bonds. The Kier molecular flexibility index (Phi) is 4.50. The third kappa shape index (κ3) is 3.11. The van der Waals surface area contributed by atoms with Gasteiger partial charge in [-0.15, -0.1) is 0 Å². The van der Waals surface area contributed by atoms with Gasteiger partial charge in [0.05, 0.1) is 5.69 Å². The molecule has 1 heterocycles. The van der Waals surface area contributed by atoms with Crippen molar-refractivity contribution in [2.75, 3.05) is 14.1 Å². The van der Waals surface area contributed by atoms with Gasteiger partial charge in [-0.05, 0) is 13.0 Å². The molecule has 2 rings (SSSR count). The fourth-order valence-electron chi connectivity index (χ4n) is 2.07. The first-order valence-electron chi connectivity index (χ1n) is 6.78. The quantitative estimate of drug-likeness (QED) is 0.793. The lowest BCUT2D eigenvalue weighted by atomic mass is 10.1. The van der Waals surface area contributed by atoms with Gasteiger partial charge >= 0.3 is 0 Å². The van der Waals surface area contributed by atoms with Crippen LogP contribution in [-0.4, -0.2) is 40.5 Å². The molecule has 22 heavy (non-hydrogen) atoms. The maximum Gasteiger partial charge on any atom is 0.267 e. The summed E-state index contributed by atoms with van der Waals surface area (Å²) in [5, 5.41) is 4.20. The van der Waals surface area contributed by atoms with Gasteiger partial charge in [0.25, 0.3) is 11.5 Å². The summed E-state index contributed by atoms with van der Waals surface area (Å²) in [5.41, 5.74) is 0.837. The summed E-state index contributed by atoms with van der Waals surface area (Å²) in [4.78, 5) is 37.4. The van der Waals surface area contributed by atoms with E-state index in [0.29, 0.717) is 5.69 Å². The number of nitrogens with zero attached hydrogens (tertiary/aromatic N) is 3. The molecule has 0 unspecified atom stereocenters. The summed E-state index contributed by atoms with van der Waals surface area (Å²) >= 11 is 0. The van der Waals surface area contributed by atoms with Crippen LogP contribution in [0.25, 0.3) is 11.3 Å². The Morgan fingerprint density at radius 1 is 1.09 bits per heavy atom. The Labute approximate surface area is 128 Å². The number of hydrogen-bond acceptors (Lipinski definition) is 4. The maximum absolute atomic E-state index is 12.2. The molecule has 0 fully saturated rings. The van der Waals surface area contributed by atoms with Gasteiger partial charge in [0.2, 0.25) is 0 Å². The van der Waals surface area contributed by atoms with Gasteiger partial charge in [0.1, 0.15) is 0 Å². The summed E-state index contributed by atoms with van der Waals surface area (Å²) in [6, 6.07) is 10.9. The average Bonchev–Trinajstić information content (AvgIpc) is 2.49.